The molecule has 0 fully saturated rings. The second-order valence-electron chi connectivity index (χ2n) is 4.59. The van der Waals surface area contributed by atoms with Crippen LogP contribution in [0.5, 0.6) is 0 Å². The first-order valence-electron chi connectivity index (χ1n) is 6.92. The van der Waals surface area contributed by atoms with E-state index in [4.69, 9.17) is 5.73 Å². The number of rotatable bonds is 5. The number of aromatic nitrogens is 5. The first-order valence-corrected chi connectivity index (χ1v) is 6.92. The predicted molar refractivity (Wildman–Crippen MR) is 80.9 cm³/mol. The maximum atomic E-state index is 5.56. The Morgan fingerprint density at radius 2 is 2.14 bits per heavy atom. The smallest absolute Gasteiger partial charge is 0.158 e. The Morgan fingerprint density at radius 1 is 1.24 bits per heavy atom. The van der Waals surface area contributed by atoms with Crippen molar-refractivity contribution in [3.63, 3.8) is 0 Å². The van der Waals surface area contributed by atoms with Crippen LogP contribution in [0.3, 0.4) is 0 Å². The Kier molecular flexibility index (Phi) is 3.74. The summed E-state index contributed by atoms with van der Waals surface area (Å²) >= 11 is 0. The molecule has 3 N–H and O–H groups in total. The standard InChI is InChI=1S/C14H17N7/c1-2-10-7-13(18-4-3-15)21-14(19-10)8-11(20-21)12-9-16-5-6-17-12/h5-9,18H,2-4,15H2,1H3. The summed E-state index contributed by atoms with van der Waals surface area (Å²) in [6, 6.07) is 3.91. The molecule has 108 valence electrons. The molecule has 21 heavy (non-hydrogen) atoms. The zero-order valence-corrected chi connectivity index (χ0v) is 11.8. The summed E-state index contributed by atoms with van der Waals surface area (Å²) in [5.41, 5.74) is 8.83. The molecule has 0 bridgehead atoms. The maximum Gasteiger partial charge on any atom is 0.158 e. The number of nitrogens with zero attached hydrogens (tertiary/aromatic N) is 5. The first kappa shape index (κ1) is 13.4. The molecule has 3 rings (SSSR count). The van der Waals surface area contributed by atoms with Crippen molar-refractivity contribution in [2.45, 2.75) is 13.3 Å². The fourth-order valence-electron chi connectivity index (χ4n) is 2.09. The highest BCUT2D eigenvalue weighted by molar-refractivity contribution is 5.62. The van der Waals surface area contributed by atoms with Crippen molar-refractivity contribution in [1.29, 1.82) is 0 Å². The lowest BCUT2D eigenvalue weighted by Gasteiger charge is -2.08. The van der Waals surface area contributed by atoms with Gasteiger partial charge < -0.3 is 11.1 Å². The first-order chi connectivity index (χ1) is 10.3. The van der Waals surface area contributed by atoms with Crippen molar-refractivity contribution in [3.05, 3.63) is 36.4 Å². The van der Waals surface area contributed by atoms with Crippen molar-refractivity contribution in [1.82, 2.24) is 24.6 Å². The number of hydrogen-bond donors (Lipinski definition) is 2. The van der Waals surface area contributed by atoms with Gasteiger partial charge in [-0.2, -0.15) is 9.61 Å². The second-order valence-corrected chi connectivity index (χ2v) is 4.59. The molecular weight excluding hydrogens is 266 g/mol. The summed E-state index contributed by atoms with van der Waals surface area (Å²) in [4.78, 5) is 12.9. The van der Waals surface area contributed by atoms with E-state index in [1.807, 2.05) is 12.1 Å². The lowest BCUT2D eigenvalue weighted by molar-refractivity contribution is 0.897. The highest BCUT2D eigenvalue weighted by Gasteiger charge is 2.11. The monoisotopic (exact) mass is 283 g/mol. The molecule has 0 aliphatic rings. The average molecular weight is 283 g/mol. The molecule has 0 aliphatic heterocycles. The summed E-state index contributed by atoms with van der Waals surface area (Å²) in [6.45, 7) is 3.32. The van der Waals surface area contributed by atoms with E-state index in [1.54, 1.807) is 23.1 Å². The highest BCUT2D eigenvalue weighted by Crippen LogP contribution is 2.19. The lowest BCUT2D eigenvalue weighted by atomic mass is 10.3. The molecule has 7 nitrogen and oxygen atoms in total. The Hall–Kier alpha value is -2.54. The minimum Gasteiger partial charge on any atom is -0.369 e. The molecule has 3 aromatic heterocycles. The third kappa shape index (κ3) is 2.68. The molecule has 0 aromatic carbocycles. The van der Waals surface area contributed by atoms with Crippen LogP contribution in [0.25, 0.3) is 17.0 Å². The molecule has 3 aromatic rings. The summed E-state index contributed by atoms with van der Waals surface area (Å²) in [5, 5.41) is 7.84. The van der Waals surface area contributed by atoms with Gasteiger partial charge in [0.2, 0.25) is 0 Å². The van der Waals surface area contributed by atoms with Crippen molar-refractivity contribution in [2.75, 3.05) is 18.4 Å². The molecule has 0 radical (unpaired) electrons. The summed E-state index contributed by atoms with van der Waals surface area (Å²) in [5.74, 6) is 0.887. The minimum absolute atomic E-state index is 0.559. The number of nitrogens with two attached hydrogens (primary N) is 1. The molecule has 0 amide bonds. The fraction of sp³-hybridized carbons (Fsp3) is 0.286. The van der Waals surface area contributed by atoms with Gasteiger partial charge in [-0.05, 0) is 6.42 Å². The molecule has 0 spiro atoms. The van der Waals surface area contributed by atoms with E-state index in [-0.39, 0.29) is 0 Å². The Bertz CT molecular complexity index is 736. The minimum atomic E-state index is 0.559. The average Bonchev–Trinajstić information content (AvgIpc) is 2.97. The van der Waals surface area contributed by atoms with Gasteiger partial charge >= 0.3 is 0 Å². The maximum absolute atomic E-state index is 5.56. The molecule has 0 aliphatic carbocycles. The third-order valence-electron chi connectivity index (χ3n) is 3.12. The lowest BCUT2D eigenvalue weighted by Crippen LogP contribution is -2.16. The zero-order valence-electron chi connectivity index (χ0n) is 11.8. The number of nitrogens with one attached hydrogen (secondary N) is 1. The van der Waals surface area contributed by atoms with Gasteiger partial charge in [-0.15, -0.1) is 0 Å². The number of aryl methyl sites for hydroxylation is 1. The fourth-order valence-corrected chi connectivity index (χ4v) is 2.09. The van der Waals surface area contributed by atoms with Gasteiger partial charge in [-0.3, -0.25) is 9.97 Å². The van der Waals surface area contributed by atoms with E-state index in [0.29, 0.717) is 13.1 Å². The van der Waals surface area contributed by atoms with Gasteiger partial charge in [0.15, 0.2) is 5.65 Å². The second kappa shape index (κ2) is 5.84. The van der Waals surface area contributed by atoms with Crippen LogP contribution in [-0.2, 0) is 6.42 Å². The molecular formula is C14H17N7. The third-order valence-corrected chi connectivity index (χ3v) is 3.12. The van der Waals surface area contributed by atoms with Gasteiger partial charge in [-0.25, -0.2) is 4.98 Å². The zero-order chi connectivity index (χ0) is 14.7. The number of fused-ring (bicyclic) bond motifs is 1. The van der Waals surface area contributed by atoms with E-state index in [2.05, 4.69) is 32.3 Å². The van der Waals surface area contributed by atoms with E-state index in [1.165, 1.54) is 0 Å². The van der Waals surface area contributed by atoms with Gasteiger partial charge in [0.05, 0.1) is 6.20 Å². The SMILES string of the molecule is CCc1cc(NCCN)n2nc(-c3cnccn3)cc2n1. The Morgan fingerprint density at radius 3 is 2.86 bits per heavy atom. The Labute approximate surface area is 122 Å². The van der Waals surface area contributed by atoms with Crippen molar-refractivity contribution < 1.29 is 0 Å². The highest BCUT2D eigenvalue weighted by atomic mass is 15.3. The van der Waals surface area contributed by atoms with Crippen LogP contribution in [-0.4, -0.2) is 37.7 Å². The van der Waals surface area contributed by atoms with Gasteiger partial charge in [0.1, 0.15) is 17.2 Å². The van der Waals surface area contributed by atoms with Crippen LogP contribution in [0.1, 0.15) is 12.6 Å². The normalized spacial score (nSPS) is 11.0. The molecule has 0 saturated heterocycles. The molecule has 3 heterocycles. The van der Waals surface area contributed by atoms with Gasteiger partial charge in [0.25, 0.3) is 0 Å². The van der Waals surface area contributed by atoms with Crippen LogP contribution >= 0.6 is 0 Å². The van der Waals surface area contributed by atoms with Crippen LogP contribution in [0.2, 0.25) is 0 Å². The topological polar surface area (TPSA) is 94.0 Å². The van der Waals surface area contributed by atoms with E-state index in [9.17, 15) is 0 Å². The van der Waals surface area contributed by atoms with Crippen LogP contribution in [0.4, 0.5) is 5.82 Å². The molecule has 0 atom stereocenters. The molecule has 0 saturated carbocycles. The van der Waals surface area contributed by atoms with Crippen LogP contribution in [0.15, 0.2) is 30.7 Å². The molecule has 0 unspecified atom stereocenters. The largest absolute Gasteiger partial charge is 0.369 e. The van der Waals surface area contributed by atoms with Crippen molar-refractivity contribution in [2.24, 2.45) is 5.73 Å². The van der Waals surface area contributed by atoms with E-state index >= 15 is 0 Å². The van der Waals surface area contributed by atoms with Crippen molar-refractivity contribution >= 4 is 11.5 Å². The predicted octanol–water partition coefficient (Wildman–Crippen LogP) is 1.12. The summed E-state index contributed by atoms with van der Waals surface area (Å²) in [7, 11) is 0. The Balaban J connectivity index is 2.10. The van der Waals surface area contributed by atoms with Crippen LogP contribution in [0, 0.1) is 0 Å². The van der Waals surface area contributed by atoms with Gasteiger partial charge in [0, 0.05) is 43.3 Å². The quantitative estimate of drug-likeness (QED) is 0.728. The van der Waals surface area contributed by atoms with Crippen molar-refractivity contribution in [3.8, 4) is 11.4 Å². The summed E-state index contributed by atoms with van der Waals surface area (Å²) in [6.07, 6.45) is 5.84. The van der Waals surface area contributed by atoms with E-state index < -0.39 is 0 Å². The molecule has 7 heteroatoms. The number of anilines is 1. The number of hydrogen-bond acceptors (Lipinski definition) is 6. The van der Waals surface area contributed by atoms with Gasteiger partial charge in [-0.1, -0.05) is 6.92 Å². The summed E-state index contributed by atoms with van der Waals surface area (Å²) < 4.78 is 1.78. The van der Waals surface area contributed by atoms with Crippen LogP contribution < -0.4 is 11.1 Å². The van der Waals surface area contributed by atoms with E-state index in [0.717, 1.165) is 35.0 Å².